The van der Waals surface area contributed by atoms with Crippen molar-refractivity contribution in [1.82, 2.24) is 10.3 Å². The van der Waals surface area contributed by atoms with Gasteiger partial charge in [0.1, 0.15) is 5.82 Å². The minimum Gasteiger partial charge on any atom is -0.363 e. The number of amides is 2. The highest BCUT2D eigenvalue weighted by atomic mass is 32.1. The molecule has 0 radical (unpaired) electrons. The van der Waals surface area contributed by atoms with Crippen LogP contribution in [0.4, 0.5) is 11.5 Å². The quantitative estimate of drug-likeness (QED) is 0.852. The molecule has 2 aromatic rings. The van der Waals surface area contributed by atoms with E-state index in [0.717, 1.165) is 10.7 Å². The van der Waals surface area contributed by atoms with E-state index < -0.39 is 0 Å². The highest BCUT2D eigenvalue weighted by Crippen LogP contribution is 2.22. The first-order chi connectivity index (χ1) is 11.0. The van der Waals surface area contributed by atoms with Crippen molar-refractivity contribution >= 4 is 34.7 Å². The first-order valence-electron chi connectivity index (χ1n) is 7.19. The van der Waals surface area contributed by atoms with Gasteiger partial charge in [-0.25, -0.2) is 4.98 Å². The number of hydrogen-bond acceptors (Lipinski definition) is 5. The number of aromatic nitrogens is 1. The lowest BCUT2D eigenvalue weighted by Crippen LogP contribution is -2.29. The number of nitrogens with one attached hydrogen (secondary N) is 2. The van der Waals surface area contributed by atoms with Crippen molar-refractivity contribution in [1.29, 1.82) is 0 Å². The van der Waals surface area contributed by atoms with Gasteiger partial charge in [-0.1, -0.05) is 6.07 Å². The second-order valence-corrected chi connectivity index (χ2v) is 6.30. The van der Waals surface area contributed by atoms with Gasteiger partial charge in [-0.05, 0) is 23.6 Å². The normalized spacial score (nSPS) is 11.6. The Morgan fingerprint density at radius 3 is 2.61 bits per heavy atom. The Morgan fingerprint density at radius 1 is 1.30 bits per heavy atom. The Hall–Kier alpha value is -2.41. The predicted molar refractivity (Wildman–Crippen MR) is 92.7 cm³/mol. The third-order valence-corrected chi connectivity index (χ3v) is 4.13. The van der Waals surface area contributed by atoms with E-state index in [4.69, 9.17) is 0 Å². The third kappa shape index (κ3) is 5.07. The number of carbonyl (C=O) groups is 2. The van der Waals surface area contributed by atoms with Crippen molar-refractivity contribution in [2.45, 2.75) is 19.4 Å². The van der Waals surface area contributed by atoms with Gasteiger partial charge in [0.2, 0.25) is 11.8 Å². The smallest absolute Gasteiger partial charge is 0.226 e. The van der Waals surface area contributed by atoms with E-state index >= 15 is 0 Å². The molecular formula is C16H20N4O2S. The Labute approximate surface area is 139 Å². The molecule has 122 valence electrons. The van der Waals surface area contributed by atoms with Gasteiger partial charge in [0, 0.05) is 25.9 Å². The predicted octanol–water partition coefficient (Wildman–Crippen LogP) is 2.42. The molecule has 0 saturated carbocycles. The monoisotopic (exact) mass is 332 g/mol. The maximum Gasteiger partial charge on any atom is 0.226 e. The van der Waals surface area contributed by atoms with Crippen LogP contribution in [0.3, 0.4) is 0 Å². The number of anilines is 2. The summed E-state index contributed by atoms with van der Waals surface area (Å²) in [7, 11) is 3.80. The lowest BCUT2D eigenvalue weighted by molar-refractivity contribution is -0.120. The fraction of sp³-hybridized carbons (Fsp3) is 0.312. The molecular weight excluding hydrogens is 312 g/mol. The van der Waals surface area contributed by atoms with Crippen LogP contribution in [0.15, 0.2) is 35.8 Å². The molecule has 2 amide bonds. The maximum absolute atomic E-state index is 12.2. The number of thiophene rings is 1. The lowest BCUT2D eigenvalue weighted by atomic mass is 10.1. The maximum atomic E-state index is 12.2. The van der Waals surface area contributed by atoms with Crippen LogP contribution in [0.5, 0.6) is 0 Å². The molecule has 0 spiro atoms. The summed E-state index contributed by atoms with van der Waals surface area (Å²) in [5.41, 5.74) is 0.633. The Morgan fingerprint density at radius 2 is 2.09 bits per heavy atom. The summed E-state index contributed by atoms with van der Waals surface area (Å²) in [5.74, 6) is 0.488. The third-order valence-electron chi connectivity index (χ3n) is 3.14. The number of pyridine rings is 1. The number of hydrogen-bond donors (Lipinski definition) is 2. The molecule has 0 saturated heterocycles. The molecule has 23 heavy (non-hydrogen) atoms. The molecule has 7 heteroatoms. The summed E-state index contributed by atoms with van der Waals surface area (Å²) >= 11 is 1.51. The lowest BCUT2D eigenvalue weighted by Gasteiger charge is -2.16. The highest BCUT2D eigenvalue weighted by Gasteiger charge is 2.18. The molecule has 1 atom stereocenters. The Kier molecular flexibility index (Phi) is 5.70. The van der Waals surface area contributed by atoms with Crippen LogP contribution >= 0.6 is 11.3 Å². The molecule has 2 heterocycles. The summed E-state index contributed by atoms with van der Waals surface area (Å²) in [6.45, 7) is 1.45. The summed E-state index contributed by atoms with van der Waals surface area (Å²) in [6, 6.07) is 7.13. The van der Waals surface area contributed by atoms with Crippen LogP contribution in [-0.4, -0.2) is 30.9 Å². The summed E-state index contributed by atoms with van der Waals surface area (Å²) in [6.07, 6.45) is 1.79. The van der Waals surface area contributed by atoms with Crippen LogP contribution in [0, 0.1) is 0 Å². The minimum atomic E-state index is -0.318. The first kappa shape index (κ1) is 17.0. The fourth-order valence-corrected chi connectivity index (χ4v) is 2.86. The van der Waals surface area contributed by atoms with E-state index in [1.165, 1.54) is 18.3 Å². The average Bonchev–Trinajstić information content (AvgIpc) is 3.00. The second kappa shape index (κ2) is 7.73. The van der Waals surface area contributed by atoms with E-state index in [0.29, 0.717) is 5.69 Å². The summed E-state index contributed by atoms with van der Waals surface area (Å²) < 4.78 is 0. The van der Waals surface area contributed by atoms with Crippen LogP contribution in [0.25, 0.3) is 0 Å². The van der Waals surface area contributed by atoms with Crippen molar-refractivity contribution in [3.05, 3.63) is 40.7 Å². The molecule has 0 aromatic carbocycles. The molecule has 0 unspecified atom stereocenters. The van der Waals surface area contributed by atoms with Gasteiger partial charge in [0.15, 0.2) is 0 Å². The van der Waals surface area contributed by atoms with Gasteiger partial charge in [-0.2, -0.15) is 0 Å². The largest absolute Gasteiger partial charge is 0.363 e. The summed E-state index contributed by atoms with van der Waals surface area (Å²) in [5, 5.41) is 7.54. The van der Waals surface area contributed by atoms with E-state index in [9.17, 15) is 9.59 Å². The number of rotatable bonds is 6. The zero-order valence-corrected chi connectivity index (χ0v) is 14.2. The molecule has 0 aliphatic carbocycles. The minimum absolute atomic E-state index is 0.159. The SMILES string of the molecule is CC(=O)N[C@@H](CC(=O)Nc1ccc(N(C)C)nc1)c1cccs1. The van der Waals surface area contributed by atoms with Crippen LogP contribution in [-0.2, 0) is 9.59 Å². The van der Waals surface area contributed by atoms with Crippen molar-refractivity contribution in [3.63, 3.8) is 0 Å². The first-order valence-corrected chi connectivity index (χ1v) is 8.07. The summed E-state index contributed by atoms with van der Waals surface area (Å²) in [4.78, 5) is 30.7. The highest BCUT2D eigenvalue weighted by molar-refractivity contribution is 7.10. The number of carbonyl (C=O) groups excluding carboxylic acids is 2. The second-order valence-electron chi connectivity index (χ2n) is 5.32. The standard InChI is InChI=1S/C16H20N4O2S/c1-11(21)18-13(14-5-4-8-23-14)9-16(22)19-12-6-7-15(17-10-12)20(2)3/h4-8,10,13H,9H2,1-3H3,(H,18,21)(H,19,22)/t13-/m0/s1. The van der Waals surface area contributed by atoms with Crippen molar-refractivity contribution in [2.75, 3.05) is 24.3 Å². The Bertz CT molecular complexity index is 653. The fourth-order valence-electron chi connectivity index (χ4n) is 2.08. The van der Waals surface area contributed by atoms with Crippen LogP contribution < -0.4 is 15.5 Å². The van der Waals surface area contributed by atoms with Crippen molar-refractivity contribution in [3.8, 4) is 0 Å². The molecule has 0 bridgehead atoms. The molecule has 0 aliphatic heterocycles. The van der Waals surface area contributed by atoms with Gasteiger partial charge < -0.3 is 15.5 Å². The van der Waals surface area contributed by atoms with Crippen molar-refractivity contribution < 1.29 is 9.59 Å². The molecule has 0 aliphatic rings. The Balaban J connectivity index is 2.00. The van der Waals surface area contributed by atoms with E-state index in [1.807, 2.05) is 42.6 Å². The molecule has 2 rings (SSSR count). The van der Waals surface area contributed by atoms with Gasteiger partial charge in [-0.15, -0.1) is 11.3 Å². The molecule has 2 aromatic heterocycles. The molecule has 6 nitrogen and oxygen atoms in total. The topological polar surface area (TPSA) is 74.3 Å². The zero-order valence-electron chi connectivity index (χ0n) is 13.4. The van der Waals surface area contributed by atoms with E-state index in [1.54, 1.807) is 12.3 Å². The van der Waals surface area contributed by atoms with Crippen LogP contribution in [0.1, 0.15) is 24.3 Å². The molecule has 0 fully saturated rings. The zero-order chi connectivity index (χ0) is 16.8. The van der Waals surface area contributed by atoms with Crippen molar-refractivity contribution in [2.24, 2.45) is 0 Å². The van der Waals surface area contributed by atoms with Gasteiger partial charge >= 0.3 is 0 Å². The van der Waals surface area contributed by atoms with Gasteiger partial charge in [0.25, 0.3) is 0 Å². The van der Waals surface area contributed by atoms with E-state index in [-0.39, 0.29) is 24.3 Å². The van der Waals surface area contributed by atoms with Gasteiger partial charge in [0.05, 0.1) is 24.3 Å². The number of nitrogens with zero attached hydrogens (tertiary/aromatic N) is 2. The van der Waals surface area contributed by atoms with E-state index in [2.05, 4.69) is 15.6 Å². The molecule has 2 N–H and O–H groups in total. The van der Waals surface area contributed by atoms with Gasteiger partial charge in [-0.3, -0.25) is 9.59 Å². The average molecular weight is 332 g/mol. The van der Waals surface area contributed by atoms with Crippen LogP contribution in [0.2, 0.25) is 0 Å².